The monoisotopic (exact) mass is 685 g/mol. The van der Waals surface area contributed by atoms with Gasteiger partial charge >= 0.3 is 5.97 Å². The molecule has 2 heterocycles. The van der Waals surface area contributed by atoms with E-state index in [2.05, 4.69) is 148 Å². The first-order chi connectivity index (χ1) is 24.1. The molecule has 1 aliphatic carbocycles. The molecule has 0 bridgehead atoms. The predicted octanol–water partition coefficient (Wildman–Crippen LogP) is 11.3. The number of para-hydroxylation sites is 2. The number of benzene rings is 3. The SMILES string of the molecule is CCCN1/C(=C/C=C2\CCCC(/C=C/C3=[N+](CCC)c4ccccc4C3(C)C)=C2Sc2ccc(CCC(=O)O)cc2)C(C)(C)c2ccccc21. The quantitative estimate of drug-likeness (QED) is 0.193. The van der Waals surface area contributed by atoms with E-state index >= 15 is 0 Å². The van der Waals surface area contributed by atoms with Crippen molar-refractivity contribution in [2.24, 2.45) is 0 Å². The van der Waals surface area contributed by atoms with Gasteiger partial charge in [0, 0.05) is 63.7 Å². The summed E-state index contributed by atoms with van der Waals surface area (Å²) in [6, 6.07) is 26.3. The van der Waals surface area contributed by atoms with Crippen LogP contribution in [0.25, 0.3) is 0 Å². The maximum atomic E-state index is 11.2. The van der Waals surface area contributed by atoms with Crippen LogP contribution in [0.3, 0.4) is 0 Å². The molecule has 0 saturated heterocycles. The van der Waals surface area contributed by atoms with Crippen molar-refractivity contribution in [3.63, 3.8) is 0 Å². The zero-order valence-corrected chi connectivity index (χ0v) is 31.6. The Morgan fingerprint density at radius 1 is 0.860 bits per heavy atom. The summed E-state index contributed by atoms with van der Waals surface area (Å²) >= 11 is 1.85. The summed E-state index contributed by atoms with van der Waals surface area (Å²) in [5, 5.41) is 9.19. The first-order valence-corrected chi connectivity index (χ1v) is 19.3. The fourth-order valence-corrected chi connectivity index (χ4v) is 9.13. The van der Waals surface area contributed by atoms with Gasteiger partial charge in [-0.1, -0.05) is 100 Å². The molecule has 3 aromatic carbocycles. The number of rotatable bonds is 12. The second-order valence-corrected chi connectivity index (χ2v) is 16.0. The highest BCUT2D eigenvalue weighted by atomic mass is 32.2. The van der Waals surface area contributed by atoms with Crippen LogP contribution < -0.4 is 4.90 Å². The summed E-state index contributed by atoms with van der Waals surface area (Å²) < 4.78 is 2.53. The number of nitrogens with zero attached hydrogens (tertiary/aromatic N) is 2. The molecule has 0 atom stereocenters. The number of fused-ring (bicyclic) bond motifs is 2. The van der Waals surface area contributed by atoms with Crippen molar-refractivity contribution in [2.75, 3.05) is 18.0 Å². The van der Waals surface area contributed by atoms with E-state index in [-0.39, 0.29) is 17.3 Å². The van der Waals surface area contributed by atoms with E-state index in [9.17, 15) is 9.90 Å². The van der Waals surface area contributed by atoms with Gasteiger partial charge in [0.2, 0.25) is 5.69 Å². The number of aliphatic carboxylic acids is 1. The molecule has 0 unspecified atom stereocenters. The average Bonchev–Trinajstić information content (AvgIpc) is 3.45. The number of hydrogen-bond donors (Lipinski definition) is 1. The van der Waals surface area contributed by atoms with Crippen molar-refractivity contribution in [2.45, 2.75) is 102 Å². The first-order valence-electron chi connectivity index (χ1n) is 18.5. The highest BCUT2D eigenvalue weighted by Crippen LogP contribution is 2.48. The van der Waals surface area contributed by atoms with E-state index in [1.165, 1.54) is 54.9 Å². The van der Waals surface area contributed by atoms with Crippen molar-refractivity contribution in [3.05, 3.63) is 136 Å². The smallest absolute Gasteiger partial charge is 0.303 e. The van der Waals surface area contributed by atoms with Crippen LogP contribution in [0.1, 0.15) is 96.8 Å². The minimum absolute atomic E-state index is 0.0779. The van der Waals surface area contributed by atoms with Gasteiger partial charge in [0.05, 0.1) is 5.41 Å². The molecule has 0 saturated carbocycles. The molecule has 5 heteroatoms. The first kappa shape index (κ1) is 35.7. The summed E-state index contributed by atoms with van der Waals surface area (Å²) in [5.41, 5.74) is 11.8. The molecular formula is C45H53N2O2S+. The summed E-state index contributed by atoms with van der Waals surface area (Å²) in [5.74, 6) is -0.758. The number of carboxylic acids is 1. The van der Waals surface area contributed by atoms with Gasteiger partial charge < -0.3 is 10.0 Å². The van der Waals surface area contributed by atoms with E-state index in [1.807, 2.05) is 11.8 Å². The molecule has 0 spiro atoms. The molecule has 0 radical (unpaired) electrons. The molecule has 0 aromatic heterocycles. The normalized spacial score (nSPS) is 19.6. The Balaban J connectivity index is 1.42. The highest BCUT2D eigenvalue weighted by Gasteiger charge is 2.44. The van der Waals surface area contributed by atoms with Crippen molar-refractivity contribution in [1.82, 2.24) is 0 Å². The lowest BCUT2D eigenvalue weighted by molar-refractivity contribution is -0.437. The Hall–Kier alpha value is -4.09. The largest absolute Gasteiger partial charge is 0.481 e. The number of thioether (sulfide) groups is 1. The van der Waals surface area contributed by atoms with Crippen LogP contribution in [0.2, 0.25) is 0 Å². The fraction of sp³-hybridized carbons (Fsp3) is 0.378. The van der Waals surface area contributed by atoms with Crippen LogP contribution in [0.4, 0.5) is 11.4 Å². The molecule has 6 rings (SSSR count). The number of hydrogen-bond acceptors (Lipinski definition) is 3. The Kier molecular flexibility index (Phi) is 10.7. The number of aryl methyl sites for hydroxylation is 1. The van der Waals surface area contributed by atoms with E-state index in [0.717, 1.165) is 50.8 Å². The van der Waals surface area contributed by atoms with Crippen LogP contribution >= 0.6 is 11.8 Å². The lowest BCUT2D eigenvalue weighted by Crippen LogP contribution is -2.28. The summed E-state index contributed by atoms with van der Waals surface area (Å²) in [4.78, 5) is 16.2. The molecular weight excluding hydrogens is 633 g/mol. The van der Waals surface area contributed by atoms with Crippen LogP contribution in [0.15, 0.2) is 124 Å². The minimum atomic E-state index is -0.758. The van der Waals surface area contributed by atoms with Crippen molar-refractivity contribution < 1.29 is 14.5 Å². The topological polar surface area (TPSA) is 43.5 Å². The molecule has 4 nitrogen and oxygen atoms in total. The zero-order chi connectivity index (χ0) is 35.5. The van der Waals surface area contributed by atoms with Crippen molar-refractivity contribution in [1.29, 1.82) is 0 Å². The van der Waals surface area contributed by atoms with Gasteiger partial charge in [-0.05, 0) is 92.5 Å². The molecule has 50 heavy (non-hydrogen) atoms. The highest BCUT2D eigenvalue weighted by molar-refractivity contribution is 8.03. The third kappa shape index (κ3) is 7.07. The van der Waals surface area contributed by atoms with Gasteiger partial charge in [-0.3, -0.25) is 4.79 Å². The molecule has 1 N–H and O–H groups in total. The van der Waals surface area contributed by atoms with Crippen molar-refractivity contribution in [3.8, 4) is 0 Å². The van der Waals surface area contributed by atoms with Gasteiger partial charge in [0.25, 0.3) is 0 Å². The van der Waals surface area contributed by atoms with Gasteiger partial charge in [-0.15, -0.1) is 0 Å². The predicted molar refractivity (Wildman–Crippen MR) is 211 cm³/mol. The maximum absolute atomic E-state index is 11.2. The summed E-state index contributed by atoms with van der Waals surface area (Å²) in [6.45, 7) is 16.0. The standard InChI is InChI=1S/C45H52N2O2S/c1-7-30-46-38-18-11-9-16-36(38)44(3,4)40(46)27-23-33-14-13-15-34(43(33)50-35-25-20-32(21-26-35)22-29-42(48)49)24-28-41-45(5,6)37-17-10-12-19-39(37)47(41)31-8-2/h9-12,16-21,23-28H,7-8,13-15,22,29-31H2,1-6H3/p+1. The molecule has 260 valence electrons. The zero-order valence-electron chi connectivity index (χ0n) is 30.8. The van der Waals surface area contributed by atoms with Gasteiger partial charge in [-0.2, -0.15) is 4.58 Å². The van der Waals surface area contributed by atoms with Gasteiger partial charge in [-0.25, -0.2) is 0 Å². The molecule has 0 amide bonds. The van der Waals surface area contributed by atoms with Crippen LogP contribution in [0, 0.1) is 0 Å². The van der Waals surface area contributed by atoms with Crippen LogP contribution in [-0.2, 0) is 22.0 Å². The average molecular weight is 686 g/mol. The third-order valence-corrected chi connectivity index (χ3v) is 11.9. The third-order valence-electron chi connectivity index (χ3n) is 10.6. The Morgan fingerprint density at radius 3 is 2.30 bits per heavy atom. The number of allylic oxidation sites excluding steroid dienone is 7. The second-order valence-electron chi connectivity index (χ2n) is 14.9. The number of carboxylic acid groups (broad SMARTS) is 1. The van der Waals surface area contributed by atoms with Crippen LogP contribution in [0.5, 0.6) is 0 Å². The Labute approximate surface area is 304 Å². The molecule has 3 aromatic rings. The van der Waals surface area contributed by atoms with Gasteiger partial charge in [0.1, 0.15) is 6.54 Å². The summed E-state index contributed by atoms with van der Waals surface area (Å²) in [6.07, 6.45) is 15.7. The Morgan fingerprint density at radius 2 is 1.58 bits per heavy atom. The Bertz CT molecular complexity index is 1900. The maximum Gasteiger partial charge on any atom is 0.303 e. The lowest BCUT2D eigenvalue weighted by Gasteiger charge is -2.27. The summed E-state index contributed by atoms with van der Waals surface area (Å²) in [7, 11) is 0. The van der Waals surface area contributed by atoms with E-state index in [4.69, 9.17) is 0 Å². The molecule has 0 fully saturated rings. The van der Waals surface area contributed by atoms with Gasteiger partial charge in [0.15, 0.2) is 5.71 Å². The van der Waals surface area contributed by atoms with Crippen LogP contribution in [-0.4, -0.2) is 34.5 Å². The van der Waals surface area contributed by atoms with Crippen molar-refractivity contribution >= 4 is 34.8 Å². The fourth-order valence-electron chi connectivity index (χ4n) is 8.02. The number of anilines is 1. The minimum Gasteiger partial charge on any atom is -0.481 e. The molecule has 2 aliphatic heterocycles. The molecule has 3 aliphatic rings. The number of carbonyl (C=O) groups is 1. The lowest BCUT2D eigenvalue weighted by atomic mass is 9.81. The second kappa shape index (κ2) is 15.0. The van der Waals surface area contributed by atoms with E-state index in [1.54, 1.807) is 0 Å². The van der Waals surface area contributed by atoms with E-state index < -0.39 is 5.97 Å². The van der Waals surface area contributed by atoms with E-state index in [0.29, 0.717) is 6.42 Å².